The number of aromatic amines is 1. The molecule has 0 aliphatic carbocycles. The Bertz CT molecular complexity index is 596. The first-order valence-corrected chi connectivity index (χ1v) is 7.69. The maximum atomic E-state index is 11.1. The molecule has 0 bridgehead atoms. The Morgan fingerprint density at radius 2 is 1.78 bits per heavy atom. The number of nitrogens with one attached hydrogen (secondary N) is 2. The van der Waals surface area contributed by atoms with Gasteiger partial charge >= 0.3 is 6.09 Å². The number of nitrogens with zero attached hydrogens (tertiary/aromatic N) is 1. The average molecular weight is 507 g/mol. The molecule has 9 heteroatoms. The largest absolute Gasteiger partial charge is 0.453 e. The molecule has 2 N–H and O–H groups in total. The molecule has 0 radical (unpaired) electrons. The second-order valence-corrected chi connectivity index (χ2v) is 6.35. The highest BCUT2D eigenvalue weighted by molar-refractivity contribution is 9.15. The number of ether oxygens (including phenoxy) is 1. The van der Waals surface area contributed by atoms with Crippen LogP contribution in [0.15, 0.2) is 17.9 Å². The average Bonchev–Trinajstić information content (AvgIpc) is 2.77. The Kier molecular flexibility index (Phi) is 4.35. The monoisotopic (exact) mass is 503 g/mol. The van der Waals surface area contributed by atoms with Gasteiger partial charge in [-0.25, -0.2) is 9.78 Å². The van der Waals surface area contributed by atoms with Crippen LogP contribution >= 0.6 is 63.7 Å². The summed E-state index contributed by atoms with van der Waals surface area (Å²) in [6, 6.07) is 0. The highest BCUT2D eigenvalue weighted by Gasteiger charge is 2.17. The molecule has 2 aromatic rings. The molecule has 1 amide bonds. The standard InChI is InChI=1S/C9H5Br4N3O2/c1-18-9(17)16-8-14-6-4(12)2(10)3(11)5(13)7(6)15-8/h1H3,(H2,14,15,16,17). The van der Waals surface area contributed by atoms with Gasteiger partial charge in [0.05, 0.1) is 21.6 Å². The van der Waals surface area contributed by atoms with Gasteiger partial charge in [-0.2, -0.15) is 0 Å². The van der Waals surface area contributed by atoms with E-state index in [0.29, 0.717) is 11.5 Å². The molecule has 96 valence electrons. The summed E-state index contributed by atoms with van der Waals surface area (Å²) in [7, 11) is 1.29. The molecule has 0 unspecified atom stereocenters. The smallest absolute Gasteiger partial charge is 0.413 e. The number of aromatic nitrogens is 2. The normalized spacial score (nSPS) is 10.7. The van der Waals surface area contributed by atoms with E-state index in [1.807, 2.05) is 0 Å². The Hall–Kier alpha value is -0.120. The maximum absolute atomic E-state index is 11.1. The van der Waals surface area contributed by atoms with Crippen LogP contribution in [0.5, 0.6) is 0 Å². The van der Waals surface area contributed by atoms with E-state index in [1.165, 1.54) is 7.11 Å². The summed E-state index contributed by atoms with van der Waals surface area (Å²) in [5.41, 5.74) is 1.44. The fourth-order valence-electron chi connectivity index (χ4n) is 1.30. The van der Waals surface area contributed by atoms with E-state index in [1.54, 1.807) is 0 Å². The van der Waals surface area contributed by atoms with Crippen molar-refractivity contribution in [2.24, 2.45) is 0 Å². The number of hydrogen-bond donors (Lipinski definition) is 2. The van der Waals surface area contributed by atoms with Gasteiger partial charge in [0.2, 0.25) is 5.95 Å². The molecule has 0 spiro atoms. The van der Waals surface area contributed by atoms with Gasteiger partial charge in [-0.15, -0.1) is 0 Å². The molecule has 1 heterocycles. The van der Waals surface area contributed by atoms with Crippen LogP contribution in [0.25, 0.3) is 11.0 Å². The van der Waals surface area contributed by atoms with E-state index in [-0.39, 0.29) is 0 Å². The minimum Gasteiger partial charge on any atom is -0.453 e. The number of methoxy groups -OCH3 is 1. The van der Waals surface area contributed by atoms with E-state index in [4.69, 9.17) is 0 Å². The predicted molar refractivity (Wildman–Crippen MR) is 82.9 cm³/mol. The molecule has 2 rings (SSSR count). The SMILES string of the molecule is COC(=O)Nc1nc2c(Br)c(Br)c(Br)c(Br)c2[nH]1. The van der Waals surface area contributed by atoms with Crippen LogP contribution in [0, 0.1) is 0 Å². The Labute approximate surface area is 136 Å². The van der Waals surface area contributed by atoms with Crippen molar-refractivity contribution >= 4 is 86.8 Å². The van der Waals surface area contributed by atoms with E-state index in [9.17, 15) is 4.79 Å². The lowest BCUT2D eigenvalue weighted by molar-refractivity contribution is 0.186. The summed E-state index contributed by atoms with van der Waals surface area (Å²) >= 11 is 13.8. The summed E-state index contributed by atoms with van der Waals surface area (Å²) in [5, 5.41) is 2.47. The quantitative estimate of drug-likeness (QED) is 0.432. The first-order valence-electron chi connectivity index (χ1n) is 4.52. The number of fused-ring (bicyclic) bond motifs is 1. The van der Waals surface area contributed by atoms with Gasteiger partial charge < -0.3 is 9.72 Å². The number of benzene rings is 1. The lowest BCUT2D eigenvalue weighted by atomic mass is 10.3. The van der Waals surface area contributed by atoms with Gasteiger partial charge in [-0.05, 0) is 63.7 Å². The summed E-state index contributed by atoms with van der Waals surface area (Å²) in [4.78, 5) is 18.4. The van der Waals surface area contributed by atoms with Crippen LogP contribution in [0.1, 0.15) is 0 Å². The molecule has 0 aliphatic heterocycles. The summed E-state index contributed by atoms with van der Waals surface area (Å²) in [6.07, 6.45) is -0.584. The fourth-order valence-corrected chi connectivity index (χ4v) is 3.59. The zero-order chi connectivity index (χ0) is 13.4. The fraction of sp³-hybridized carbons (Fsp3) is 0.111. The molecule has 0 aliphatic rings. The number of hydrogen-bond acceptors (Lipinski definition) is 3. The summed E-state index contributed by atoms with van der Waals surface area (Å²) in [6.45, 7) is 0. The van der Waals surface area contributed by atoms with Crippen molar-refractivity contribution in [3.63, 3.8) is 0 Å². The van der Waals surface area contributed by atoms with Gasteiger partial charge in [-0.1, -0.05) is 0 Å². The number of carbonyl (C=O) groups excluding carboxylic acids is 1. The molecule has 0 saturated carbocycles. The third-order valence-corrected chi connectivity index (χ3v) is 6.86. The topological polar surface area (TPSA) is 67.0 Å². The third-order valence-electron chi connectivity index (χ3n) is 2.12. The minimum absolute atomic E-state index is 0.309. The second kappa shape index (κ2) is 5.48. The number of carbonyl (C=O) groups is 1. The van der Waals surface area contributed by atoms with Crippen molar-refractivity contribution in [2.75, 3.05) is 12.4 Å². The first-order chi connectivity index (χ1) is 8.45. The molecule has 1 aromatic heterocycles. The van der Waals surface area contributed by atoms with Gasteiger partial charge in [0, 0.05) is 8.95 Å². The lowest BCUT2D eigenvalue weighted by Gasteiger charge is -2.03. The van der Waals surface area contributed by atoms with Crippen molar-refractivity contribution in [1.29, 1.82) is 0 Å². The van der Waals surface area contributed by atoms with Crippen LogP contribution in [-0.2, 0) is 4.74 Å². The zero-order valence-electron chi connectivity index (χ0n) is 8.78. The Balaban J connectivity index is 2.61. The Morgan fingerprint density at radius 3 is 2.39 bits per heavy atom. The Morgan fingerprint density at radius 1 is 1.17 bits per heavy atom. The molecular weight excluding hydrogens is 502 g/mol. The number of anilines is 1. The third kappa shape index (κ3) is 2.45. The van der Waals surface area contributed by atoms with E-state index >= 15 is 0 Å². The number of halogens is 4. The molecule has 18 heavy (non-hydrogen) atoms. The van der Waals surface area contributed by atoms with Gasteiger partial charge in [0.25, 0.3) is 0 Å². The molecule has 1 aromatic carbocycles. The molecule has 5 nitrogen and oxygen atoms in total. The number of imidazole rings is 1. The molecule has 0 fully saturated rings. The van der Waals surface area contributed by atoms with Crippen LogP contribution in [0.4, 0.5) is 10.7 Å². The van der Waals surface area contributed by atoms with Crippen molar-refractivity contribution in [2.45, 2.75) is 0 Å². The molecule has 0 saturated heterocycles. The van der Waals surface area contributed by atoms with E-state index < -0.39 is 6.09 Å². The van der Waals surface area contributed by atoms with Crippen molar-refractivity contribution in [3.05, 3.63) is 17.9 Å². The van der Waals surface area contributed by atoms with Crippen LogP contribution in [0.2, 0.25) is 0 Å². The van der Waals surface area contributed by atoms with Gasteiger partial charge in [-0.3, -0.25) is 5.32 Å². The first kappa shape index (κ1) is 14.3. The van der Waals surface area contributed by atoms with Crippen molar-refractivity contribution < 1.29 is 9.53 Å². The summed E-state index contributed by atoms with van der Waals surface area (Å²) < 4.78 is 7.76. The zero-order valence-corrected chi connectivity index (χ0v) is 15.1. The van der Waals surface area contributed by atoms with Gasteiger partial charge in [0.15, 0.2) is 0 Å². The van der Waals surface area contributed by atoms with Gasteiger partial charge in [0.1, 0.15) is 5.52 Å². The summed E-state index contributed by atoms with van der Waals surface area (Å²) in [5.74, 6) is 0.309. The molecular formula is C9H5Br4N3O2. The van der Waals surface area contributed by atoms with E-state index in [0.717, 1.165) is 23.4 Å². The van der Waals surface area contributed by atoms with Crippen LogP contribution < -0.4 is 5.32 Å². The minimum atomic E-state index is -0.584. The predicted octanol–water partition coefficient (Wildman–Crippen LogP) is 4.79. The lowest BCUT2D eigenvalue weighted by Crippen LogP contribution is -2.11. The van der Waals surface area contributed by atoms with Crippen molar-refractivity contribution in [1.82, 2.24) is 9.97 Å². The van der Waals surface area contributed by atoms with E-state index in [2.05, 4.69) is 83.7 Å². The number of H-pyrrole nitrogens is 1. The number of amides is 1. The maximum Gasteiger partial charge on any atom is 0.413 e. The van der Waals surface area contributed by atoms with Crippen molar-refractivity contribution in [3.8, 4) is 0 Å². The highest BCUT2D eigenvalue weighted by atomic mass is 79.9. The highest BCUT2D eigenvalue weighted by Crippen LogP contribution is 2.42. The second-order valence-electron chi connectivity index (χ2n) is 3.18. The molecule has 0 atom stereocenters. The van der Waals surface area contributed by atoms with Crippen LogP contribution in [-0.4, -0.2) is 23.2 Å². The van der Waals surface area contributed by atoms with Crippen LogP contribution in [0.3, 0.4) is 0 Å². The number of rotatable bonds is 1.